The lowest BCUT2D eigenvalue weighted by molar-refractivity contribution is -0.140. The van der Waals surface area contributed by atoms with Gasteiger partial charge < -0.3 is 14.8 Å². The molecule has 1 aliphatic heterocycles. The minimum atomic E-state index is -0.773. The Morgan fingerprint density at radius 2 is 2.12 bits per heavy atom. The summed E-state index contributed by atoms with van der Waals surface area (Å²) in [6.07, 6.45) is 1.57. The van der Waals surface area contributed by atoms with Crippen molar-refractivity contribution in [2.75, 3.05) is 26.9 Å². The van der Waals surface area contributed by atoms with Crippen molar-refractivity contribution in [3.63, 3.8) is 0 Å². The van der Waals surface area contributed by atoms with E-state index in [0.29, 0.717) is 16.3 Å². The number of rotatable bonds is 7. The van der Waals surface area contributed by atoms with Crippen molar-refractivity contribution >= 4 is 35.2 Å². The van der Waals surface area contributed by atoms with E-state index in [1.807, 2.05) is 0 Å². The SMILES string of the molecule is C=CCN1C(=O)N[C@H](c2cccc(Cl)c2Cl)C(C(=O)OCCOC)=C1C. The Bertz CT molecular complexity index is 749. The fourth-order valence-corrected chi connectivity index (χ4v) is 3.08. The first-order valence-electron chi connectivity index (χ1n) is 7.92. The molecule has 0 unspecified atom stereocenters. The zero-order valence-electron chi connectivity index (χ0n) is 14.6. The average Bonchev–Trinajstić information content (AvgIpc) is 2.60. The normalized spacial score (nSPS) is 17.2. The van der Waals surface area contributed by atoms with Crippen LogP contribution in [0, 0.1) is 0 Å². The van der Waals surface area contributed by atoms with Crippen molar-refractivity contribution in [2.45, 2.75) is 13.0 Å². The van der Waals surface area contributed by atoms with E-state index in [1.165, 1.54) is 12.0 Å². The third-order valence-electron chi connectivity index (χ3n) is 3.94. The number of nitrogens with zero attached hydrogens (tertiary/aromatic N) is 1. The fraction of sp³-hybridized carbons (Fsp3) is 0.333. The summed E-state index contributed by atoms with van der Waals surface area (Å²) in [4.78, 5) is 26.6. The van der Waals surface area contributed by atoms with Gasteiger partial charge in [0.15, 0.2) is 0 Å². The molecule has 0 saturated carbocycles. The molecule has 2 rings (SSSR count). The van der Waals surface area contributed by atoms with Crippen LogP contribution in [0.1, 0.15) is 18.5 Å². The van der Waals surface area contributed by atoms with Crippen molar-refractivity contribution in [1.29, 1.82) is 0 Å². The van der Waals surface area contributed by atoms with Crippen LogP contribution in [0.15, 0.2) is 42.1 Å². The van der Waals surface area contributed by atoms with E-state index in [0.717, 1.165) is 0 Å². The van der Waals surface area contributed by atoms with E-state index < -0.39 is 12.0 Å². The molecule has 1 aliphatic rings. The molecule has 26 heavy (non-hydrogen) atoms. The van der Waals surface area contributed by atoms with E-state index >= 15 is 0 Å². The van der Waals surface area contributed by atoms with Gasteiger partial charge in [0.05, 0.1) is 28.3 Å². The standard InChI is InChI=1S/C18H20Cl2N2O4/c1-4-8-22-11(2)14(17(23)26-10-9-25-3)16(21-18(22)24)12-6-5-7-13(19)15(12)20/h4-7,16H,1,8-10H2,2-3H3,(H,21,24)/t16-/m1/s1. The van der Waals surface area contributed by atoms with Crippen molar-refractivity contribution < 1.29 is 19.1 Å². The molecule has 0 spiro atoms. The molecule has 2 amide bonds. The van der Waals surface area contributed by atoms with Gasteiger partial charge in [0, 0.05) is 19.4 Å². The third kappa shape index (κ3) is 4.20. The van der Waals surface area contributed by atoms with Crippen LogP contribution < -0.4 is 5.32 Å². The molecule has 1 aromatic rings. The molecule has 6 nitrogen and oxygen atoms in total. The van der Waals surface area contributed by atoms with E-state index in [4.69, 9.17) is 32.7 Å². The number of methoxy groups -OCH3 is 1. The molecule has 0 bridgehead atoms. The third-order valence-corrected chi connectivity index (χ3v) is 4.77. The monoisotopic (exact) mass is 398 g/mol. The highest BCUT2D eigenvalue weighted by Crippen LogP contribution is 2.37. The van der Waals surface area contributed by atoms with Gasteiger partial charge in [-0.05, 0) is 18.6 Å². The topological polar surface area (TPSA) is 67.9 Å². The first-order chi connectivity index (χ1) is 12.4. The molecule has 0 aliphatic carbocycles. The van der Waals surface area contributed by atoms with Gasteiger partial charge >= 0.3 is 12.0 Å². The van der Waals surface area contributed by atoms with Crippen molar-refractivity contribution in [3.8, 4) is 0 Å². The molecular weight excluding hydrogens is 379 g/mol. The highest BCUT2D eigenvalue weighted by Gasteiger charge is 2.37. The molecule has 8 heteroatoms. The number of carbonyl (C=O) groups is 2. The molecule has 0 saturated heterocycles. The Morgan fingerprint density at radius 3 is 2.77 bits per heavy atom. The smallest absolute Gasteiger partial charge is 0.338 e. The second kappa shape index (κ2) is 9.07. The number of esters is 1. The Balaban J connectivity index is 2.50. The van der Waals surface area contributed by atoms with Crippen LogP contribution in [0.5, 0.6) is 0 Å². The quantitative estimate of drug-likeness (QED) is 0.431. The number of amides is 2. The van der Waals surface area contributed by atoms with Gasteiger partial charge in [-0.25, -0.2) is 9.59 Å². The first-order valence-corrected chi connectivity index (χ1v) is 8.67. The Kier molecular flexibility index (Phi) is 7.08. The van der Waals surface area contributed by atoms with Crippen LogP contribution >= 0.6 is 23.2 Å². The lowest BCUT2D eigenvalue weighted by Crippen LogP contribution is -2.48. The fourth-order valence-electron chi connectivity index (χ4n) is 2.67. The van der Waals surface area contributed by atoms with Crippen molar-refractivity contribution in [1.82, 2.24) is 10.2 Å². The average molecular weight is 399 g/mol. The summed E-state index contributed by atoms with van der Waals surface area (Å²) in [5.41, 5.74) is 1.27. The summed E-state index contributed by atoms with van der Waals surface area (Å²) in [7, 11) is 1.51. The molecule has 140 valence electrons. The maximum atomic E-state index is 12.7. The molecule has 1 N–H and O–H groups in total. The van der Waals surface area contributed by atoms with Crippen LogP contribution in [-0.4, -0.2) is 43.8 Å². The molecule has 0 aromatic heterocycles. The number of benzene rings is 1. The van der Waals surface area contributed by atoms with E-state index in [-0.39, 0.29) is 36.4 Å². The van der Waals surface area contributed by atoms with Gasteiger partial charge in [-0.3, -0.25) is 4.90 Å². The summed E-state index contributed by atoms with van der Waals surface area (Å²) >= 11 is 12.4. The number of carbonyl (C=O) groups excluding carboxylic acids is 2. The van der Waals surface area contributed by atoms with Crippen molar-refractivity contribution in [2.24, 2.45) is 0 Å². The molecule has 0 fully saturated rings. The largest absolute Gasteiger partial charge is 0.460 e. The summed E-state index contributed by atoms with van der Waals surface area (Å²) in [5.74, 6) is -0.561. The molecule has 1 aromatic carbocycles. The van der Waals surface area contributed by atoms with Gasteiger partial charge in [-0.1, -0.05) is 41.4 Å². The summed E-state index contributed by atoms with van der Waals surface area (Å²) < 4.78 is 10.2. The number of allylic oxidation sites excluding steroid dienone is 1. The van der Waals surface area contributed by atoms with E-state index in [1.54, 1.807) is 31.2 Å². The molecule has 1 atom stereocenters. The number of urea groups is 1. The van der Waals surface area contributed by atoms with Gasteiger partial charge in [-0.15, -0.1) is 6.58 Å². The minimum Gasteiger partial charge on any atom is -0.460 e. The summed E-state index contributed by atoms with van der Waals surface area (Å²) in [5, 5.41) is 3.39. The van der Waals surface area contributed by atoms with Gasteiger partial charge in [0.1, 0.15) is 6.61 Å². The van der Waals surface area contributed by atoms with Gasteiger partial charge in [-0.2, -0.15) is 0 Å². The van der Waals surface area contributed by atoms with Crippen LogP contribution in [0.3, 0.4) is 0 Å². The Morgan fingerprint density at radius 1 is 1.38 bits per heavy atom. The summed E-state index contributed by atoms with van der Waals surface area (Å²) in [6.45, 7) is 5.94. The number of hydrogen-bond acceptors (Lipinski definition) is 4. The predicted molar refractivity (Wildman–Crippen MR) is 100 cm³/mol. The summed E-state index contributed by atoms with van der Waals surface area (Å²) in [6, 6.07) is 3.91. The molecular formula is C18H20Cl2N2O4. The second-order valence-corrected chi connectivity index (χ2v) is 6.34. The number of hydrogen-bond donors (Lipinski definition) is 1. The van der Waals surface area contributed by atoms with Gasteiger partial charge in [0.2, 0.25) is 0 Å². The minimum absolute atomic E-state index is 0.0948. The Labute approximate surface area is 162 Å². The first kappa shape index (κ1) is 20.3. The Hall–Kier alpha value is -2.02. The molecule has 0 radical (unpaired) electrons. The van der Waals surface area contributed by atoms with Crippen molar-refractivity contribution in [3.05, 3.63) is 57.7 Å². The highest BCUT2D eigenvalue weighted by atomic mass is 35.5. The maximum absolute atomic E-state index is 12.7. The number of nitrogens with one attached hydrogen (secondary N) is 1. The van der Waals surface area contributed by atoms with E-state index in [9.17, 15) is 9.59 Å². The lowest BCUT2D eigenvalue weighted by Gasteiger charge is -2.35. The van der Waals surface area contributed by atoms with Crippen LogP contribution in [-0.2, 0) is 14.3 Å². The molecule has 1 heterocycles. The van der Waals surface area contributed by atoms with Crippen LogP contribution in [0.25, 0.3) is 0 Å². The lowest BCUT2D eigenvalue weighted by atomic mass is 9.94. The highest BCUT2D eigenvalue weighted by molar-refractivity contribution is 6.42. The van der Waals surface area contributed by atoms with Gasteiger partial charge in [0.25, 0.3) is 0 Å². The zero-order valence-corrected chi connectivity index (χ0v) is 16.1. The van der Waals surface area contributed by atoms with Crippen LogP contribution in [0.4, 0.5) is 4.79 Å². The van der Waals surface area contributed by atoms with E-state index in [2.05, 4.69) is 11.9 Å². The number of halogens is 2. The van der Waals surface area contributed by atoms with Crippen LogP contribution in [0.2, 0.25) is 10.0 Å². The zero-order chi connectivity index (χ0) is 19.3. The predicted octanol–water partition coefficient (Wildman–Crippen LogP) is 3.71. The maximum Gasteiger partial charge on any atom is 0.338 e. The number of ether oxygens (including phenoxy) is 2. The second-order valence-electron chi connectivity index (χ2n) is 5.55.